The third-order valence-corrected chi connectivity index (χ3v) is 5.58. The molecule has 2 heterocycles. The maximum absolute atomic E-state index is 6.58. The first-order valence-corrected chi connectivity index (χ1v) is 9.05. The van der Waals surface area contributed by atoms with Crippen LogP contribution in [-0.4, -0.2) is 29.4 Å². The Hall–Kier alpha value is -2.59. The number of guanidine groups is 1. The SMILES string of the molecule is CN1CCC(C)(c2ccc(Cl)c(-c3cccc4cnccc34)c2)N=C1N. The summed E-state index contributed by atoms with van der Waals surface area (Å²) < 4.78 is 0. The van der Waals surface area contributed by atoms with Gasteiger partial charge in [-0.15, -0.1) is 0 Å². The quantitative estimate of drug-likeness (QED) is 0.732. The molecule has 1 atom stereocenters. The number of hydrogen-bond acceptors (Lipinski definition) is 4. The molecule has 4 nitrogen and oxygen atoms in total. The van der Waals surface area contributed by atoms with Gasteiger partial charge in [0.1, 0.15) is 0 Å². The largest absolute Gasteiger partial charge is 0.370 e. The van der Waals surface area contributed by atoms with Gasteiger partial charge in [0.05, 0.1) is 5.54 Å². The molecule has 5 heteroatoms. The minimum absolute atomic E-state index is 0.345. The van der Waals surface area contributed by atoms with Crippen LogP contribution in [0, 0.1) is 0 Å². The topological polar surface area (TPSA) is 54.5 Å². The Bertz CT molecular complexity index is 1010. The van der Waals surface area contributed by atoms with Crippen molar-refractivity contribution in [1.29, 1.82) is 0 Å². The molecule has 26 heavy (non-hydrogen) atoms. The second-order valence-electron chi connectivity index (χ2n) is 7.01. The van der Waals surface area contributed by atoms with E-state index in [9.17, 15) is 0 Å². The summed E-state index contributed by atoms with van der Waals surface area (Å²) in [4.78, 5) is 11.0. The van der Waals surface area contributed by atoms with E-state index in [1.165, 1.54) is 0 Å². The van der Waals surface area contributed by atoms with Crippen molar-refractivity contribution in [3.63, 3.8) is 0 Å². The highest BCUT2D eigenvalue weighted by atomic mass is 35.5. The Kier molecular flexibility index (Phi) is 4.08. The summed E-state index contributed by atoms with van der Waals surface area (Å²) in [6.07, 6.45) is 4.59. The normalized spacial score (nSPS) is 20.3. The van der Waals surface area contributed by atoms with Gasteiger partial charge in [-0.05, 0) is 48.1 Å². The van der Waals surface area contributed by atoms with E-state index in [0.717, 1.165) is 45.5 Å². The second kappa shape index (κ2) is 6.29. The van der Waals surface area contributed by atoms with E-state index < -0.39 is 0 Å². The summed E-state index contributed by atoms with van der Waals surface area (Å²) in [6, 6.07) is 14.4. The maximum atomic E-state index is 6.58. The van der Waals surface area contributed by atoms with Crippen molar-refractivity contribution in [3.05, 3.63) is 65.4 Å². The summed E-state index contributed by atoms with van der Waals surface area (Å²) in [5.74, 6) is 0.575. The van der Waals surface area contributed by atoms with E-state index in [1.807, 2.05) is 42.5 Å². The number of fused-ring (bicyclic) bond motifs is 1. The van der Waals surface area contributed by atoms with Crippen molar-refractivity contribution in [2.75, 3.05) is 13.6 Å². The van der Waals surface area contributed by atoms with Crippen LogP contribution >= 0.6 is 11.6 Å². The Morgan fingerprint density at radius 1 is 1.15 bits per heavy atom. The van der Waals surface area contributed by atoms with Crippen LogP contribution in [0.15, 0.2) is 59.9 Å². The third kappa shape index (κ3) is 2.80. The molecule has 1 aromatic heterocycles. The Labute approximate surface area is 158 Å². The van der Waals surface area contributed by atoms with E-state index in [-0.39, 0.29) is 5.54 Å². The Balaban J connectivity index is 1.88. The van der Waals surface area contributed by atoms with Crippen LogP contribution in [0.5, 0.6) is 0 Å². The van der Waals surface area contributed by atoms with Gasteiger partial charge in [-0.3, -0.25) is 4.98 Å². The molecule has 2 N–H and O–H groups in total. The highest BCUT2D eigenvalue weighted by Crippen LogP contribution is 2.39. The van der Waals surface area contributed by atoms with Gasteiger partial charge < -0.3 is 10.6 Å². The highest BCUT2D eigenvalue weighted by molar-refractivity contribution is 6.33. The zero-order valence-corrected chi connectivity index (χ0v) is 15.7. The molecule has 0 aliphatic carbocycles. The number of pyridine rings is 1. The van der Waals surface area contributed by atoms with Crippen LogP contribution in [0.2, 0.25) is 5.02 Å². The monoisotopic (exact) mass is 364 g/mol. The molecule has 2 aromatic carbocycles. The molecule has 0 fully saturated rings. The van der Waals surface area contributed by atoms with Gasteiger partial charge in [0.15, 0.2) is 5.96 Å². The first kappa shape index (κ1) is 16.9. The van der Waals surface area contributed by atoms with Crippen LogP contribution in [0.3, 0.4) is 0 Å². The molecule has 132 valence electrons. The van der Waals surface area contributed by atoms with Gasteiger partial charge >= 0.3 is 0 Å². The molecular formula is C21H21ClN4. The summed E-state index contributed by atoms with van der Waals surface area (Å²) in [7, 11) is 1.97. The number of halogens is 1. The van der Waals surface area contributed by atoms with E-state index in [2.05, 4.69) is 36.2 Å². The molecule has 4 rings (SSSR count). The number of aromatic nitrogens is 1. The summed E-state index contributed by atoms with van der Waals surface area (Å²) >= 11 is 6.58. The van der Waals surface area contributed by atoms with Crippen LogP contribution in [0.25, 0.3) is 21.9 Å². The highest BCUT2D eigenvalue weighted by Gasteiger charge is 2.31. The first-order valence-electron chi connectivity index (χ1n) is 8.67. The molecule has 1 aliphatic rings. The number of nitrogens with zero attached hydrogens (tertiary/aromatic N) is 3. The molecule has 0 saturated heterocycles. The minimum atomic E-state index is -0.345. The average Bonchev–Trinajstić information content (AvgIpc) is 2.65. The number of benzene rings is 2. The predicted molar refractivity (Wildman–Crippen MR) is 108 cm³/mol. The summed E-state index contributed by atoms with van der Waals surface area (Å²) in [5.41, 5.74) is 8.98. The molecule has 0 radical (unpaired) electrons. The van der Waals surface area contributed by atoms with Crippen LogP contribution < -0.4 is 5.73 Å². The molecule has 0 spiro atoms. The third-order valence-electron chi connectivity index (χ3n) is 5.25. The lowest BCUT2D eigenvalue weighted by atomic mass is 9.86. The molecule has 0 saturated carbocycles. The number of rotatable bonds is 2. The first-order chi connectivity index (χ1) is 12.5. The molecule has 1 unspecified atom stereocenters. The fourth-order valence-corrected chi connectivity index (χ4v) is 3.75. The number of aliphatic imine (C=N–C) groups is 1. The minimum Gasteiger partial charge on any atom is -0.370 e. The molecule has 0 amide bonds. The number of nitrogens with two attached hydrogens (primary N) is 1. The van der Waals surface area contributed by atoms with Crippen molar-refractivity contribution in [2.24, 2.45) is 10.7 Å². The molecule has 0 bridgehead atoms. The van der Waals surface area contributed by atoms with Crippen molar-refractivity contribution in [2.45, 2.75) is 18.9 Å². The maximum Gasteiger partial charge on any atom is 0.191 e. The molecule has 1 aliphatic heterocycles. The van der Waals surface area contributed by atoms with E-state index in [4.69, 9.17) is 22.3 Å². The van der Waals surface area contributed by atoms with Gasteiger partial charge in [-0.25, -0.2) is 4.99 Å². The van der Waals surface area contributed by atoms with Crippen LogP contribution in [0.1, 0.15) is 18.9 Å². The zero-order valence-electron chi connectivity index (χ0n) is 14.9. The van der Waals surface area contributed by atoms with Gasteiger partial charge in [-0.2, -0.15) is 0 Å². The van der Waals surface area contributed by atoms with Gasteiger partial charge in [0.25, 0.3) is 0 Å². The van der Waals surface area contributed by atoms with Crippen molar-refractivity contribution in [3.8, 4) is 11.1 Å². The lowest BCUT2D eigenvalue weighted by Gasteiger charge is -2.35. The summed E-state index contributed by atoms with van der Waals surface area (Å²) in [5, 5.41) is 2.96. The standard InChI is InChI=1S/C21H21ClN4/c1-21(9-11-26(2)20(23)25-21)15-6-7-19(22)18(12-15)17-5-3-4-14-13-24-10-8-16(14)17/h3-8,10,12-13H,9,11H2,1-2H3,(H2,23,25). The van der Waals surface area contributed by atoms with E-state index in [0.29, 0.717) is 5.96 Å². The van der Waals surface area contributed by atoms with Crippen molar-refractivity contribution in [1.82, 2.24) is 9.88 Å². The summed E-state index contributed by atoms with van der Waals surface area (Å²) in [6.45, 7) is 3.01. The smallest absolute Gasteiger partial charge is 0.191 e. The number of hydrogen-bond donors (Lipinski definition) is 1. The van der Waals surface area contributed by atoms with Crippen molar-refractivity contribution < 1.29 is 0 Å². The Morgan fingerprint density at radius 2 is 2.00 bits per heavy atom. The van der Waals surface area contributed by atoms with Gasteiger partial charge in [0.2, 0.25) is 0 Å². The van der Waals surface area contributed by atoms with Gasteiger partial charge in [-0.1, -0.05) is 35.9 Å². The lowest BCUT2D eigenvalue weighted by molar-refractivity contribution is 0.339. The van der Waals surface area contributed by atoms with Gasteiger partial charge in [0, 0.05) is 42.0 Å². The molecule has 3 aromatic rings. The van der Waals surface area contributed by atoms with Crippen LogP contribution in [0.4, 0.5) is 0 Å². The lowest BCUT2D eigenvalue weighted by Crippen LogP contribution is -2.43. The predicted octanol–water partition coefficient (Wildman–Crippen LogP) is 4.42. The fraction of sp³-hybridized carbons (Fsp3) is 0.238. The van der Waals surface area contributed by atoms with Crippen LogP contribution in [-0.2, 0) is 5.54 Å². The second-order valence-corrected chi connectivity index (χ2v) is 7.42. The molecular weight excluding hydrogens is 344 g/mol. The average molecular weight is 365 g/mol. The van der Waals surface area contributed by atoms with E-state index in [1.54, 1.807) is 0 Å². The Morgan fingerprint density at radius 3 is 2.81 bits per heavy atom. The van der Waals surface area contributed by atoms with E-state index >= 15 is 0 Å². The van der Waals surface area contributed by atoms with Crippen molar-refractivity contribution >= 4 is 28.3 Å². The zero-order chi connectivity index (χ0) is 18.3. The fourth-order valence-electron chi connectivity index (χ4n) is 3.53.